The molecule has 0 spiro atoms. The van der Waals surface area contributed by atoms with Gasteiger partial charge < -0.3 is 10.6 Å². The lowest BCUT2D eigenvalue weighted by atomic mass is 9.99. The number of benzene rings is 4. The molecule has 1 heterocycles. The molecule has 0 aliphatic carbocycles. The molecule has 162 valence electrons. The fourth-order valence-corrected chi connectivity index (χ4v) is 4.87. The quantitative estimate of drug-likeness (QED) is 0.298. The SMILES string of the molecule is Cc1ccc2nc(-c3ccc(NC(=O)NC(c4ccccc4)c4ccccc4)cc3)sc2c1. The summed E-state index contributed by atoms with van der Waals surface area (Å²) >= 11 is 1.68. The smallest absolute Gasteiger partial charge is 0.319 e. The van der Waals surface area contributed by atoms with E-state index in [9.17, 15) is 4.79 Å². The Balaban J connectivity index is 1.31. The normalized spacial score (nSPS) is 11.0. The van der Waals surface area contributed by atoms with Crippen LogP contribution in [0.1, 0.15) is 22.7 Å². The Hall–Kier alpha value is -3.96. The fraction of sp³-hybridized carbons (Fsp3) is 0.0714. The van der Waals surface area contributed by atoms with E-state index < -0.39 is 0 Å². The molecule has 5 aromatic rings. The Morgan fingerprint density at radius 3 is 2.09 bits per heavy atom. The van der Waals surface area contributed by atoms with Gasteiger partial charge >= 0.3 is 6.03 Å². The molecule has 0 saturated heterocycles. The predicted octanol–water partition coefficient (Wildman–Crippen LogP) is 7.18. The summed E-state index contributed by atoms with van der Waals surface area (Å²) in [7, 11) is 0. The predicted molar refractivity (Wildman–Crippen MR) is 137 cm³/mol. The zero-order valence-electron chi connectivity index (χ0n) is 18.2. The van der Waals surface area contributed by atoms with Gasteiger partial charge in [-0.25, -0.2) is 9.78 Å². The molecular weight excluding hydrogens is 426 g/mol. The molecule has 0 fully saturated rings. The van der Waals surface area contributed by atoms with Crippen molar-refractivity contribution in [1.29, 1.82) is 0 Å². The van der Waals surface area contributed by atoms with Gasteiger partial charge in [0.1, 0.15) is 5.01 Å². The van der Waals surface area contributed by atoms with E-state index in [0.29, 0.717) is 0 Å². The maximum atomic E-state index is 12.8. The minimum atomic E-state index is -0.254. The summed E-state index contributed by atoms with van der Waals surface area (Å²) in [5, 5.41) is 7.04. The van der Waals surface area contributed by atoms with Gasteiger partial charge in [0.2, 0.25) is 0 Å². The number of aromatic nitrogens is 1. The van der Waals surface area contributed by atoms with Crippen LogP contribution in [0.4, 0.5) is 10.5 Å². The fourth-order valence-electron chi connectivity index (χ4n) is 3.80. The standard InChI is InChI=1S/C28H23N3OS/c1-19-12-17-24-25(18-19)33-27(30-24)22-13-15-23(16-14-22)29-28(32)31-26(20-8-4-2-5-9-20)21-10-6-3-7-11-21/h2-18,26H,1H3,(H2,29,31,32). The van der Waals surface area contributed by atoms with Crippen molar-refractivity contribution in [2.45, 2.75) is 13.0 Å². The van der Waals surface area contributed by atoms with E-state index in [1.54, 1.807) is 11.3 Å². The number of aryl methyl sites for hydroxylation is 1. The van der Waals surface area contributed by atoms with Gasteiger partial charge in [-0.2, -0.15) is 0 Å². The number of amides is 2. The first-order valence-corrected chi connectivity index (χ1v) is 11.6. The molecule has 5 heteroatoms. The Kier molecular flexibility index (Phi) is 5.87. The molecule has 0 radical (unpaired) electrons. The maximum absolute atomic E-state index is 12.8. The third kappa shape index (κ3) is 4.78. The summed E-state index contributed by atoms with van der Waals surface area (Å²) in [5.74, 6) is 0. The Morgan fingerprint density at radius 2 is 1.45 bits per heavy atom. The Morgan fingerprint density at radius 1 is 0.818 bits per heavy atom. The number of nitrogens with zero attached hydrogens (tertiary/aromatic N) is 1. The second kappa shape index (κ2) is 9.27. The van der Waals surface area contributed by atoms with E-state index >= 15 is 0 Å². The minimum absolute atomic E-state index is 0.238. The number of thiazole rings is 1. The number of urea groups is 1. The van der Waals surface area contributed by atoms with E-state index in [2.05, 4.69) is 35.8 Å². The van der Waals surface area contributed by atoms with Crippen molar-refractivity contribution in [2.75, 3.05) is 5.32 Å². The van der Waals surface area contributed by atoms with Crippen molar-refractivity contribution < 1.29 is 4.79 Å². The van der Waals surface area contributed by atoms with Gasteiger partial charge in [-0.05, 0) is 60.0 Å². The first kappa shape index (κ1) is 20.9. The van der Waals surface area contributed by atoms with Crippen LogP contribution in [0.3, 0.4) is 0 Å². The van der Waals surface area contributed by atoms with Crippen molar-refractivity contribution in [3.8, 4) is 10.6 Å². The van der Waals surface area contributed by atoms with Gasteiger partial charge in [0.15, 0.2) is 0 Å². The van der Waals surface area contributed by atoms with Crippen LogP contribution in [0.5, 0.6) is 0 Å². The van der Waals surface area contributed by atoms with Crippen LogP contribution in [0.25, 0.3) is 20.8 Å². The van der Waals surface area contributed by atoms with Gasteiger partial charge in [0.05, 0.1) is 16.3 Å². The average molecular weight is 450 g/mol. The van der Waals surface area contributed by atoms with Crippen molar-refractivity contribution >= 4 is 33.3 Å². The van der Waals surface area contributed by atoms with Crippen molar-refractivity contribution in [1.82, 2.24) is 10.3 Å². The summed E-state index contributed by atoms with van der Waals surface area (Å²) in [6, 6.07) is 33.5. The molecule has 0 atom stereocenters. The third-order valence-electron chi connectivity index (χ3n) is 5.47. The van der Waals surface area contributed by atoms with Crippen LogP contribution in [0.2, 0.25) is 0 Å². The monoisotopic (exact) mass is 449 g/mol. The van der Waals surface area contributed by atoms with Gasteiger partial charge in [-0.15, -0.1) is 11.3 Å². The van der Waals surface area contributed by atoms with E-state index in [1.807, 2.05) is 84.9 Å². The summed E-state index contributed by atoms with van der Waals surface area (Å²) in [6.07, 6.45) is 0. The van der Waals surface area contributed by atoms with Crippen LogP contribution in [0, 0.1) is 6.92 Å². The highest BCUT2D eigenvalue weighted by molar-refractivity contribution is 7.21. The summed E-state index contributed by atoms with van der Waals surface area (Å²) < 4.78 is 1.18. The van der Waals surface area contributed by atoms with Gasteiger partial charge in [-0.1, -0.05) is 66.7 Å². The molecule has 2 N–H and O–H groups in total. The van der Waals surface area contributed by atoms with E-state index in [4.69, 9.17) is 4.98 Å². The average Bonchev–Trinajstić information content (AvgIpc) is 3.27. The molecule has 0 aliphatic heterocycles. The molecule has 4 aromatic carbocycles. The largest absolute Gasteiger partial charge is 0.327 e. The lowest BCUT2D eigenvalue weighted by Crippen LogP contribution is -2.33. The van der Waals surface area contributed by atoms with Crippen LogP contribution in [-0.2, 0) is 0 Å². The lowest BCUT2D eigenvalue weighted by molar-refractivity contribution is 0.250. The molecule has 1 aromatic heterocycles. The maximum Gasteiger partial charge on any atom is 0.319 e. The van der Waals surface area contributed by atoms with Crippen LogP contribution < -0.4 is 10.6 Å². The molecule has 2 amide bonds. The third-order valence-corrected chi connectivity index (χ3v) is 6.54. The first-order chi connectivity index (χ1) is 16.2. The summed E-state index contributed by atoms with van der Waals surface area (Å²) in [4.78, 5) is 17.6. The minimum Gasteiger partial charge on any atom is -0.327 e. The molecule has 0 unspecified atom stereocenters. The molecule has 33 heavy (non-hydrogen) atoms. The molecule has 5 rings (SSSR count). The zero-order chi connectivity index (χ0) is 22.6. The Bertz CT molecular complexity index is 1340. The number of carbonyl (C=O) groups is 1. The van der Waals surface area contributed by atoms with Crippen molar-refractivity contribution in [3.63, 3.8) is 0 Å². The number of nitrogens with one attached hydrogen (secondary N) is 2. The summed E-state index contributed by atoms with van der Waals surface area (Å²) in [6.45, 7) is 2.09. The number of fused-ring (bicyclic) bond motifs is 1. The Labute approximate surface area is 197 Å². The number of hydrogen-bond donors (Lipinski definition) is 2. The number of anilines is 1. The number of carbonyl (C=O) groups excluding carboxylic acids is 1. The zero-order valence-corrected chi connectivity index (χ0v) is 19.0. The summed E-state index contributed by atoms with van der Waals surface area (Å²) in [5.41, 5.74) is 6.06. The molecule has 0 bridgehead atoms. The van der Waals surface area contributed by atoms with E-state index in [-0.39, 0.29) is 12.1 Å². The second-order valence-corrected chi connectivity index (χ2v) is 8.95. The number of hydrogen-bond acceptors (Lipinski definition) is 3. The molecule has 0 saturated carbocycles. The van der Waals surface area contributed by atoms with Gasteiger partial charge in [0.25, 0.3) is 0 Å². The highest BCUT2D eigenvalue weighted by Crippen LogP contribution is 2.31. The van der Waals surface area contributed by atoms with E-state index in [1.165, 1.54) is 10.3 Å². The van der Waals surface area contributed by atoms with Crippen molar-refractivity contribution in [2.24, 2.45) is 0 Å². The molecular formula is C28H23N3OS. The highest BCUT2D eigenvalue weighted by Gasteiger charge is 2.16. The van der Waals surface area contributed by atoms with Gasteiger partial charge in [0, 0.05) is 11.3 Å². The second-order valence-electron chi connectivity index (χ2n) is 7.92. The first-order valence-electron chi connectivity index (χ1n) is 10.8. The van der Waals surface area contributed by atoms with Crippen molar-refractivity contribution in [3.05, 3.63) is 120 Å². The number of rotatable bonds is 5. The topological polar surface area (TPSA) is 54.0 Å². The van der Waals surface area contributed by atoms with Crippen LogP contribution in [-0.4, -0.2) is 11.0 Å². The molecule has 0 aliphatic rings. The van der Waals surface area contributed by atoms with E-state index in [0.717, 1.165) is 32.9 Å². The lowest BCUT2D eigenvalue weighted by Gasteiger charge is -2.20. The van der Waals surface area contributed by atoms with Crippen LogP contribution >= 0.6 is 11.3 Å². The van der Waals surface area contributed by atoms with Crippen LogP contribution in [0.15, 0.2) is 103 Å². The highest BCUT2D eigenvalue weighted by atomic mass is 32.1. The van der Waals surface area contributed by atoms with Gasteiger partial charge in [-0.3, -0.25) is 0 Å². The molecule has 4 nitrogen and oxygen atoms in total.